The summed E-state index contributed by atoms with van der Waals surface area (Å²) in [4.78, 5) is 34.3. The summed E-state index contributed by atoms with van der Waals surface area (Å²) in [6.45, 7) is 5.61. The lowest BCUT2D eigenvalue weighted by Crippen LogP contribution is -2.30. The van der Waals surface area contributed by atoms with Crippen LogP contribution in [-0.2, 0) is 9.53 Å². The Balaban J connectivity index is 1.95. The molecule has 0 spiro atoms. The number of nitrogens with one attached hydrogen (secondary N) is 1. The summed E-state index contributed by atoms with van der Waals surface area (Å²) in [7, 11) is 0. The number of carbonyl (C=O) groups is 2. The summed E-state index contributed by atoms with van der Waals surface area (Å²) in [5.74, 6) is -0.795. The Bertz CT molecular complexity index is 798. The predicted octanol–water partition coefficient (Wildman–Crippen LogP) is 3.90. The van der Waals surface area contributed by atoms with Gasteiger partial charge >= 0.3 is 5.97 Å². The smallest absolute Gasteiger partial charge is 0.338 e. The summed E-state index contributed by atoms with van der Waals surface area (Å²) in [5.41, 5.74) is 1.77. The van der Waals surface area contributed by atoms with E-state index in [-0.39, 0.29) is 11.3 Å². The highest BCUT2D eigenvalue weighted by Crippen LogP contribution is 2.18. The molecule has 0 bridgehead atoms. The number of carbonyl (C=O) groups excluding carboxylic acids is 2. The molecule has 1 amide bonds. The highest BCUT2D eigenvalue weighted by atomic mass is 16.6. The number of amides is 1. The number of rotatable bonds is 6. The van der Waals surface area contributed by atoms with Crippen LogP contribution in [0.1, 0.15) is 42.6 Å². The van der Waals surface area contributed by atoms with Crippen molar-refractivity contribution in [2.75, 3.05) is 5.32 Å². The molecule has 0 saturated carbocycles. The van der Waals surface area contributed by atoms with Crippen LogP contribution in [0.2, 0.25) is 0 Å². The average Bonchev–Trinajstić information content (AvgIpc) is 2.62. The number of hydrogen-bond donors (Lipinski definition) is 1. The third kappa shape index (κ3) is 4.89. The highest BCUT2D eigenvalue weighted by Gasteiger charge is 2.19. The van der Waals surface area contributed by atoms with E-state index in [1.807, 2.05) is 12.1 Å². The topological polar surface area (TPSA) is 98.5 Å². The minimum Gasteiger partial charge on any atom is -0.449 e. The fourth-order valence-corrected chi connectivity index (χ4v) is 2.20. The molecule has 0 radical (unpaired) electrons. The zero-order valence-electron chi connectivity index (χ0n) is 14.8. The molecule has 0 fully saturated rings. The van der Waals surface area contributed by atoms with Crippen LogP contribution in [-0.4, -0.2) is 22.9 Å². The van der Waals surface area contributed by atoms with Gasteiger partial charge in [-0.05, 0) is 42.7 Å². The third-order valence-electron chi connectivity index (χ3n) is 3.81. The number of benzene rings is 2. The standard InChI is InChI=1S/C19H20N2O5/c1-12(2)14-4-8-16(9-5-14)20-18(22)13(3)26-19(23)15-6-10-17(11-7-15)21(24)25/h4-13H,1-3H3,(H,20,22)/t13-/m1/s1. The van der Waals surface area contributed by atoms with Crippen LogP contribution in [0.4, 0.5) is 11.4 Å². The van der Waals surface area contributed by atoms with E-state index < -0.39 is 22.9 Å². The number of nitrogens with zero attached hydrogens (tertiary/aromatic N) is 1. The van der Waals surface area contributed by atoms with Gasteiger partial charge in [0.1, 0.15) is 0 Å². The molecular weight excluding hydrogens is 336 g/mol. The second-order valence-corrected chi connectivity index (χ2v) is 6.12. The molecule has 2 rings (SSSR count). The Labute approximate surface area is 151 Å². The number of anilines is 1. The molecule has 1 N–H and O–H groups in total. The SMILES string of the molecule is CC(C)c1ccc(NC(=O)[C@@H](C)OC(=O)c2ccc([N+](=O)[O-])cc2)cc1. The number of ether oxygens (including phenoxy) is 1. The van der Waals surface area contributed by atoms with E-state index in [0.717, 1.165) is 5.56 Å². The average molecular weight is 356 g/mol. The molecule has 2 aromatic carbocycles. The molecule has 0 heterocycles. The van der Waals surface area contributed by atoms with Crippen LogP contribution < -0.4 is 5.32 Å². The second kappa shape index (κ2) is 8.24. The summed E-state index contributed by atoms with van der Waals surface area (Å²) >= 11 is 0. The lowest BCUT2D eigenvalue weighted by molar-refractivity contribution is -0.384. The molecule has 7 heteroatoms. The monoisotopic (exact) mass is 356 g/mol. The van der Waals surface area contributed by atoms with Gasteiger partial charge < -0.3 is 10.1 Å². The first-order valence-corrected chi connectivity index (χ1v) is 8.14. The van der Waals surface area contributed by atoms with Crippen molar-refractivity contribution in [3.63, 3.8) is 0 Å². The molecule has 0 saturated heterocycles. The Kier molecular flexibility index (Phi) is 6.06. The first kappa shape index (κ1) is 19.1. The quantitative estimate of drug-likeness (QED) is 0.481. The van der Waals surface area contributed by atoms with Gasteiger partial charge in [-0.3, -0.25) is 14.9 Å². The van der Waals surface area contributed by atoms with Crippen molar-refractivity contribution in [2.24, 2.45) is 0 Å². The van der Waals surface area contributed by atoms with Crippen LogP contribution in [0.3, 0.4) is 0 Å². The highest BCUT2D eigenvalue weighted by molar-refractivity contribution is 5.97. The summed E-state index contributed by atoms with van der Waals surface area (Å²) < 4.78 is 5.11. The molecule has 2 aromatic rings. The Morgan fingerprint density at radius 3 is 2.08 bits per heavy atom. The number of hydrogen-bond acceptors (Lipinski definition) is 5. The third-order valence-corrected chi connectivity index (χ3v) is 3.81. The van der Waals surface area contributed by atoms with Gasteiger partial charge in [-0.25, -0.2) is 4.79 Å². The first-order valence-electron chi connectivity index (χ1n) is 8.14. The van der Waals surface area contributed by atoms with E-state index in [9.17, 15) is 19.7 Å². The molecule has 1 atom stereocenters. The molecule has 7 nitrogen and oxygen atoms in total. The molecular formula is C19H20N2O5. The molecule has 0 aliphatic rings. The lowest BCUT2D eigenvalue weighted by Gasteiger charge is -2.14. The van der Waals surface area contributed by atoms with Crippen molar-refractivity contribution in [3.05, 3.63) is 69.8 Å². The largest absolute Gasteiger partial charge is 0.449 e. The van der Waals surface area contributed by atoms with Crippen molar-refractivity contribution in [3.8, 4) is 0 Å². The van der Waals surface area contributed by atoms with Crippen molar-refractivity contribution >= 4 is 23.3 Å². The Hall–Kier alpha value is -3.22. The van der Waals surface area contributed by atoms with Crippen molar-refractivity contribution in [2.45, 2.75) is 32.8 Å². The van der Waals surface area contributed by atoms with Gasteiger partial charge in [0.25, 0.3) is 11.6 Å². The maximum Gasteiger partial charge on any atom is 0.338 e. The fourth-order valence-electron chi connectivity index (χ4n) is 2.20. The van der Waals surface area contributed by atoms with Crippen molar-refractivity contribution in [1.29, 1.82) is 0 Å². The van der Waals surface area contributed by atoms with Crippen LogP contribution in [0.15, 0.2) is 48.5 Å². The van der Waals surface area contributed by atoms with Crippen LogP contribution in [0, 0.1) is 10.1 Å². The first-order chi connectivity index (χ1) is 12.3. The molecule has 0 unspecified atom stereocenters. The summed E-state index contributed by atoms with van der Waals surface area (Å²) in [5, 5.41) is 13.3. The van der Waals surface area contributed by atoms with Gasteiger partial charge in [0.05, 0.1) is 10.5 Å². The second-order valence-electron chi connectivity index (χ2n) is 6.12. The van der Waals surface area contributed by atoms with Crippen molar-refractivity contribution in [1.82, 2.24) is 0 Å². The van der Waals surface area contributed by atoms with Gasteiger partial charge in [-0.15, -0.1) is 0 Å². The minimum atomic E-state index is -1.01. The fraction of sp³-hybridized carbons (Fsp3) is 0.263. The maximum absolute atomic E-state index is 12.2. The van der Waals surface area contributed by atoms with Crippen molar-refractivity contribution < 1.29 is 19.2 Å². The van der Waals surface area contributed by atoms with E-state index in [4.69, 9.17) is 4.74 Å². The van der Waals surface area contributed by atoms with E-state index in [1.165, 1.54) is 31.2 Å². The zero-order valence-corrected chi connectivity index (χ0v) is 14.8. The van der Waals surface area contributed by atoms with Crippen LogP contribution in [0.25, 0.3) is 0 Å². The van der Waals surface area contributed by atoms with Gasteiger partial charge in [0.15, 0.2) is 6.10 Å². The van der Waals surface area contributed by atoms with Crippen LogP contribution in [0.5, 0.6) is 0 Å². The van der Waals surface area contributed by atoms with Crippen LogP contribution >= 0.6 is 0 Å². The zero-order chi connectivity index (χ0) is 19.3. The Morgan fingerprint density at radius 2 is 1.58 bits per heavy atom. The number of esters is 1. The number of nitro benzene ring substituents is 1. The Morgan fingerprint density at radius 1 is 1.00 bits per heavy atom. The molecule has 0 aromatic heterocycles. The number of non-ortho nitro benzene ring substituents is 1. The number of nitro groups is 1. The summed E-state index contributed by atoms with van der Waals surface area (Å²) in [6.07, 6.45) is -1.01. The molecule has 136 valence electrons. The maximum atomic E-state index is 12.2. The summed E-state index contributed by atoms with van der Waals surface area (Å²) in [6, 6.07) is 12.4. The van der Waals surface area contributed by atoms with E-state index in [1.54, 1.807) is 12.1 Å². The lowest BCUT2D eigenvalue weighted by atomic mass is 10.0. The van der Waals surface area contributed by atoms with E-state index in [2.05, 4.69) is 19.2 Å². The van der Waals surface area contributed by atoms with E-state index >= 15 is 0 Å². The molecule has 26 heavy (non-hydrogen) atoms. The molecule has 0 aliphatic heterocycles. The van der Waals surface area contributed by atoms with Gasteiger partial charge in [0.2, 0.25) is 0 Å². The van der Waals surface area contributed by atoms with Gasteiger partial charge in [0, 0.05) is 17.8 Å². The minimum absolute atomic E-state index is 0.128. The van der Waals surface area contributed by atoms with Gasteiger partial charge in [-0.1, -0.05) is 26.0 Å². The predicted molar refractivity (Wildman–Crippen MR) is 97.1 cm³/mol. The van der Waals surface area contributed by atoms with Gasteiger partial charge in [-0.2, -0.15) is 0 Å². The van der Waals surface area contributed by atoms with E-state index in [0.29, 0.717) is 11.6 Å². The normalized spacial score (nSPS) is 11.7. The molecule has 0 aliphatic carbocycles.